The molecule has 0 bridgehead atoms. The van der Waals surface area contributed by atoms with Crippen LogP contribution in [0.1, 0.15) is 77.8 Å². The summed E-state index contributed by atoms with van der Waals surface area (Å²) in [6.45, 7) is 3.01. The Morgan fingerprint density at radius 3 is 2.73 bits per heavy atom. The number of hydrogen-bond donors (Lipinski definition) is 2. The number of amides is 1. The van der Waals surface area contributed by atoms with Crippen LogP contribution in [0, 0.1) is 5.92 Å². The van der Waals surface area contributed by atoms with Crippen molar-refractivity contribution >= 4 is 51.5 Å². The third kappa shape index (κ3) is 8.56. The molecular weight excluding hydrogens is 650 g/mol. The number of carbonyl (C=O) groups excluding carboxylic acids is 3. The molecule has 2 saturated heterocycles. The molecule has 4 heterocycles. The monoisotopic (exact) mass is 691 g/mol. The number of hydrogen-bond acceptors (Lipinski definition) is 10. The second-order valence-corrected chi connectivity index (χ2v) is 14.1. The maximum absolute atomic E-state index is 14.1. The lowest BCUT2D eigenvalue weighted by Crippen LogP contribution is -2.42. The zero-order valence-electron chi connectivity index (χ0n) is 26.9. The maximum atomic E-state index is 14.1. The molecule has 0 unspecified atom stereocenters. The smallest absolute Gasteiger partial charge is 0.264 e. The fourth-order valence-corrected chi connectivity index (χ4v) is 7.68. The molecule has 2 aliphatic heterocycles. The van der Waals surface area contributed by atoms with Crippen molar-refractivity contribution in [3.63, 3.8) is 0 Å². The van der Waals surface area contributed by atoms with Gasteiger partial charge in [-0.25, -0.2) is 9.97 Å². The predicted molar refractivity (Wildman–Crippen MR) is 185 cm³/mol. The number of aromatic nitrogens is 2. The standard InChI is InChI=1S/C36H42ClN5O5S/c37-26-12-10-23(11-13-26)21-46-28-18-30(42(20-28)33(44)17-27-22-48-36(40-27)25-7-5-15-39-19-25)31(43)16-24(6-3-4-14-38)34(45)35-41-29-8-1-2-9-32(29)47-35/h1-2,8-13,22,24-25,28,30,39H,3-7,14-21,38H2/t24-,25-,28-,30+/m1/s1. The van der Waals surface area contributed by atoms with Gasteiger partial charge in [-0.2, -0.15) is 0 Å². The number of nitrogens with two attached hydrogens (primary N) is 1. The number of unbranched alkanes of at least 4 members (excludes halogenated alkanes) is 1. The van der Waals surface area contributed by atoms with Crippen LogP contribution < -0.4 is 11.1 Å². The number of fused-ring (bicyclic) bond motifs is 1. The number of rotatable bonds is 15. The summed E-state index contributed by atoms with van der Waals surface area (Å²) in [6, 6.07) is 13.9. The SMILES string of the molecule is NCCCC[C@H](CC(=O)[C@@H]1C[C@@H](OCc2ccc(Cl)cc2)CN1C(=O)Cc1csc([C@@H]2CCCNC2)n1)C(=O)c1nc2ccccc2o1. The molecule has 12 heteroatoms. The van der Waals surface area contributed by atoms with E-state index in [4.69, 9.17) is 31.5 Å². The molecule has 1 amide bonds. The van der Waals surface area contributed by atoms with E-state index in [0.29, 0.717) is 60.1 Å². The van der Waals surface area contributed by atoms with E-state index in [1.165, 1.54) is 0 Å². The number of likely N-dealkylation sites (tertiary alicyclic amines) is 1. The summed E-state index contributed by atoms with van der Waals surface area (Å²) in [7, 11) is 0. The Balaban J connectivity index is 1.18. The minimum absolute atomic E-state index is 0.00206. The average molecular weight is 692 g/mol. The number of piperidine rings is 1. The van der Waals surface area contributed by atoms with Crippen LogP contribution in [0.4, 0.5) is 0 Å². The van der Waals surface area contributed by atoms with E-state index in [1.54, 1.807) is 40.5 Å². The predicted octanol–water partition coefficient (Wildman–Crippen LogP) is 5.72. The van der Waals surface area contributed by atoms with Crippen molar-refractivity contribution in [2.45, 2.75) is 76.0 Å². The summed E-state index contributed by atoms with van der Waals surface area (Å²) in [5.41, 5.74) is 8.52. The molecule has 0 aliphatic carbocycles. The number of thiazole rings is 1. The first-order chi connectivity index (χ1) is 23.4. The lowest BCUT2D eigenvalue weighted by molar-refractivity contribution is -0.137. The number of halogens is 1. The third-order valence-electron chi connectivity index (χ3n) is 9.23. The summed E-state index contributed by atoms with van der Waals surface area (Å²) in [6.07, 6.45) is 4.14. The van der Waals surface area contributed by atoms with Gasteiger partial charge in [-0.1, -0.05) is 42.3 Å². The fraction of sp³-hybridized carbons (Fsp3) is 0.472. The number of para-hydroxylation sites is 2. The number of nitrogens with zero attached hydrogens (tertiary/aromatic N) is 3. The van der Waals surface area contributed by atoms with Crippen LogP contribution >= 0.6 is 22.9 Å². The average Bonchev–Trinajstić information content (AvgIpc) is 3.86. The number of nitrogens with one attached hydrogen (secondary N) is 1. The molecule has 4 aromatic rings. The number of benzene rings is 2. The van der Waals surface area contributed by atoms with Gasteiger partial charge in [0, 0.05) is 48.2 Å². The molecule has 48 heavy (non-hydrogen) atoms. The fourth-order valence-electron chi connectivity index (χ4n) is 6.60. The van der Waals surface area contributed by atoms with Gasteiger partial charge in [0.2, 0.25) is 11.7 Å². The van der Waals surface area contributed by atoms with Crippen LogP contribution in [0.2, 0.25) is 5.02 Å². The van der Waals surface area contributed by atoms with E-state index in [0.717, 1.165) is 42.9 Å². The van der Waals surface area contributed by atoms with Gasteiger partial charge in [-0.15, -0.1) is 11.3 Å². The second-order valence-electron chi connectivity index (χ2n) is 12.8. The van der Waals surface area contributed by atoms with Crippen molar-refractivity contribution in [1.29, 1.82) is 0 Å². The normalized spacial score (nSPS) is 20.3. The summed E-state index contributed by atoms with van der Waals surface area (Å²) in [4.78, 5) is 52.6. The van der Waals surface area contributed by atoms with Crippen LogP contribution in [0.25, 0.3) is 11.1 Å². The first-order valence-electron chi connectivity index (χ1n) is 16.8. The van der Waals surface area contributed by atoms with Crippen molar-refractivity contribution in [2.75, 3.05) is 26.2 Å². The Bertz CT molecular complexity index is 1670. The molecule has 2 aromatic heterocycles. The van der Waals surface area contributed by atoms with E-state index in [-0.39, 0.29) is 48.9 Å². The lowest BCUT2D eigenvalue weighted by atomic mass is 9.89. The molecule has 3 N–H and O–H groups in total. The Morgan fingerprint density at radius 1 is 1.12 bits per heavy atom. The molecular formula is C36H42ClN5O5S. The number of ketones is 2. The lowest BCUT2D eigenvalue weighted by Gasteiger charge is -2.25. The van der Waals surface area contributed by atoms with E-state index in [9.17, 15) is 14.4 Å². The van der Waals surface area contributed by atoms with Crippen LogP contribution in [0.5, 0.6) is 0 Å². The van der Waals surface area contributed by atoms with Gasteiger partial charge in [0.15, 0.2) is 11.4 Å². The van der Waals surface area contributed by atoms with Crippen molar-refractivity contribution in [3.05, 3.63) is 81.1 Å². The molecule has 2 fully saturated rings. The van der Waals surface area contributed by atoms with Gasteiger partial charge in [0.1, 0.15) is 5.52 Å². The highest BCUT2D eigenvalue weighted by Gasteiger charge is 2.41. The van der Waals surface area contributed by atoms with Crippen molar-refractivity contribution < 1.29 is 23.5 Å². The summed E-state index contributed by atoms with van der Waals surface area (Å²) >= 11 is 7.64. The number of oxazole rings is 1. The summed E-state index contributed by atoms with van der Waals surface area (Å²) < 4.78 is 12.0. The molecule has 0 spiro atoms. The van der Waals surface area contributed by atoms with E-state index < -0.39 is 12.0 Å². The largest absolute Gasteiger partial charge is 0.434 e. The first kappa shape index (κ1) is 34.4. The van der Waals surface area contributed by atoms with Crippen LogP contribution in [0.15, 0.2) is 58.3 Å². The topological polar surface area (TPSA) is 141 Å². The van der Waals surface area contributed by atoms with Gasteiger partial charge in [-0.05, 0) is 68.6 Å². The van der Waals surface area contributed by atoms with Gasteiger partial charge in [0.05, 0.1) is 35.9 Å². The van der Waals surface area contributed by atoms with E-state index in [1.807, 2.05) is 29.6 Å². The van der Waals surface area contributed by atoms with Gasteiger partial charge in [0.25, 0.3) is 5.89 Å². The number of carbonyl (C=O) groups is 3. The molecule has 0 radical (unpaired) electrons. The van der Waals surface area contributed by atoms with Crippen LogP contribution in [-0.4, -0.2) is 70.7 Å². The van der Waals surface area contributed by atoms with E-state index >= 15 is 0 Å². The van der Waals surface area contributed by atoms with Gasteiger partial charge < -0.3 is 25.1 Å². The highest BCUT2D eigenvalue weighted by Crippen LogP contribution is 2.30. The Morgan fingerprint density at radius 2 is 1.96 bits per heavy atom. The molecule has 6 rings (SSSR count). The van der Waals surface area contributed by atoms with Crippen LogP contribution in [0.3, 0.4) is 0 Å². The second kappa shape index (κ2) is 16.3. The molecule has 2 aliphatic rings. The number of Topliss-reactive ketones (excluding diaryl/α,β-unsaturated/α-hetero) is 2. The highest BCUT2D eigenvalue weighted by molar-refractivity contribution is 7.09. The maximum Gasteiger partial charge on any atom is 0.264 e. The van der Waals surface area contributed by atoms with Crippen molar-refractivity contribution in [1.82, 2.24) is 20.2 Å². The van der Waals surface area contributed by atoms with Gasteiger partial charge >= 0.3 is 0 Å². The first-order valence-corrected chi connectivity index (χ1v) is 18.1. The molecule has 4 atom stereocenters. The molecule has 0 saturated carbocycles. The zero-order valence-corrected chi connectivity index (χ0v) is 28.5. The summed E-state index contributed by atoms with van der Waals surface area (Å²) in [5.74, 6) is -0.944. The summed E-state index contributed by atoms with van der Waals surface area (Å²) in [5, 5.41) is 7.06. The Labute approximate surface area is 289 Å². The molecule has 2 aromatic carbocycles. The minimum Gasteiger partial charge on any atom is -0.434 e. The number of ether oxygens (including phenoxy) is 1. The third-order valence-corrected chi connectivity index (χ3v) is 10.5. The van der Waals surface area contributed by atoms with E-state index in [2.05, 4.69) is 10.3 Å². The van der Waals surface area contributed by atoms with Crippen molar-refractivity contribution in [2.24, 2.45) is 11.7 Å². The Hall–Kier alpha value is -3.48. The minimum atomic E-state index is -0.721. The van der Waals surface area contributed by atoms with Crippen molar-refractivity contribution in [3.8, 4) is 0 Å². The molecule has 254 valence electrons. The molecule has 10 nitrogen and oxygen atoms in total. The Kier molecular flexibility index (Phi) is 11.7. The van der Waals surface area contributed by atoms with Crippen LogP contribution in [-0.2, 0) is 27.4 Å². The highest BCUT2D eigenvalue weighted by atomic mass is 35.5. The zero-order chi connectivity index (χ0) is 33.5. The van der Waals surface area contributed by atoms with Gasteiger partial charge in [-0.3, -0.25) is 14.4 Å². The quantitative estimate of drug-likeness (QED) is 0.118.